The maximum absolute atomic E-state index is 13.0. The maximum Gasteiger partial charge on any atom is 0.220 e. The Morgan fingerprint density at radius 1 is 0.617 bits per heavy atom. The summed E-state index contributed by atoms with van der Waals surface area (Å²) in [6.07, 6.45) is 21.4. The molecule has 2 heterocycles. The number of ether oxygens (including phenoxy) is 4. The average molecular weight is 854 g/mol. The highest BCUT2D eigenvalue weighted by Crippen LogP contribution is 2.30. The van der Waals surface area contributed by atoms with Gasteiger partial charge in [-0.25, -0.2) is 0 Å². The zero-order chi connectivity index (χ0) is 44.0. The standard InChI is InChI=1S/C46H79NO13/c1-3-5-7-9-11-13-15-17-19-21-23-25-27-29-35(50)34(47-38(51)30-28-26-24-22-20-18-16-14-12-10-8-6-4-2)33-57-45-43(56)41(54)44(37(32-49)59-45)60-46-42(55)40(53)39(52)36(31-48)58-46/h6,8,12,14,18,20,24,26-27,29,34-37,39-46,48-50,52-56H,3-5,7,9-11,13,15-17,19,21-23,25,28,30-33H2,1-2H3,(H,47,51)/b8-6-,14-12-,20-18-,26-24-,29-27+. The van der Waals surface area contributed by atoms with Crippen LogP contribution in [0.2, 0.25) is 0 Å². The number of hydrogen-bond acceptors (Lipinski definition) is 13. The summed E-state index contributed by atoms with van der Waals surface area (Å²) in [6, 6.07) is -0.952. The molecule has 0 spiro atoms. The molecule has 14 heteroatoms. The van der Waals surface area contributed by atoms with E-state index in [1.165, 1.54) is 51.4 Å². The summed E-state index contributed by atoms with van der Waals surface area (Å²) in [5.41, 5.74) is 0. The van der Waals surface area contributed by atoms with Crippen molar-refractivity contribution in [1.82, 2.24) is 5.32 Å². The van der Waals surface area contributed by atoms with Gasteiger partial charge >= 0.3 is 0 Å². The van der Waals surface area contributed by atoms with Crippen LogP contribution in [0.3, 0.4) is 0 Å². The van der Waals surface area contributed by atoms with Gasteiger partial charge < -0.3 is 65.1 Å². The quantitative estimate of drug-likeness (QED) is 0.0340. The number of carbonyl (C=O) groups is 1. The molecule has 2 aliphatic rings. The van der Waals surface area contributed by atoms with Crippen molar-refractivity contribution in [2.24, 2.45) is 0 Å². The highest BCUT2D eigenvalue weighted by molar-refractivity contribution is 5.76. The number of hydrogen-bond donors (Lipinski definition) is 9. The Labute approximate surface area is 358 Å². The van der Waals surface area contributed by atoms with Crippen molar-refractivity contribution in [3.05, 3.63) is 60.8 Å². The van der Waals surface area contributed by atoms with Gasteiger partial charge in [-0.1, -0.05) is 139 Å². The summed E-state index contributed by atoms with van der Waals surface area (Å²) >= 11 is 0. The monoisotopic (exact) mass is 854 g/mol. The topological polar surface area (TPSA) is 228 Å². The molecule has 2 rings (SSSR count). The summed E-state index contributed by atoms with van der Waals surface area (Å²) in [5.74, 6) is -0.324. The number of carbonyl (C=O) groups excluding carboxylic acids is 1. The van der Waals surface area contributed by atoms with Crippen molar-refractivity contribution in [3.63, 3.8) is 0 Å². The highest BCUT2D eigenvalue weighted by atomic mass is 16.7. The fourth-order valence-corrected chi connectivity index (χ4v) is 7.00. The maximum atomic E-state index is 13.0. The first-order valence-corrected chi connectivity index (χ1v) is 22.5. The molecular weight excluding hydrogens is 774 g/mol. The van der Waals surface area contributed by atoms with E-state index in [1.807, 2.05) is 18.2 Å². The Morgan fingerprint density at radius 3 is 1.73 bits per heavy atom. The number of allylic oxidation sites excluding steroid dienone is 9. The lowest BCUT2D eigenvalue weighted by molar-refractivity contribution is -0.359. The van der Waals surface area contributed by atoms with Gasteiger partial charge in [-0.3, -0.25) is 4.79 Å². The molecule has 60 heavy (non-hydrogen) atoms. The molecule has 2 saturated heterocycles. The second-order valence-corrected chi connectivity index (χ2v) is 15.8. The summed E-state index contributed by atoms with van der Waals surface area (Å²) in [5, 5.41) is 86.3. The van der Waals surface area contributed by atoms with E-state index in [0.29, 0.717) is 6.42 Å². The second-order valence-electron chi connectivity index (χ2n) is 15.8. The Balaban J connectivity index is 1.95. The van der Waals surface area contributed by atoms with Crippen LogP contribution in [0.15, 0.2) is 60.8 Å². The highest BCUT2D eigenvalue weighted by Gasteiger charge is 2.50. The molecule has 0 aliphatic carbocycles. The van der Waals surface area contributed by atoms with Gasteiger partial charge in [0.05, 0.1) is 32.0 Å². The molecule has 1 amide bonds. The van der Waals surface area contributed by atoms with Crippen molar-refractivity contribution in [2.75, 3.05) is 19.8 Å². The minimum Gasteiger partial charge on any atom is -0.394 e. The minimum atomic E-state index is -1.79. The zero-order valence-electron chi connectivity index (χ0n) is 36.2. The molecule has 2 fully saturated rings. The molecule has 0 aromatic carbocycles. The largest absolute Gasteiger partial charge is 0.394 e. The van der Waals surface area contributed by atoms with Crippen LogP contribution in [-0.2, 0) is 23.7 Å². The van der Waals surface area contributed by atoms with E-state index in [1.54, 1.807) is 6.08 Å². The van der Waals surface area contributed by atoms with Crippen molar-refractivity contribution in [3.8, 4) is 0 Å². The van der Waals surface area contributed by atoms with E-state index in [2.05, 4.69) is 55.6 Å². The molecule has 0 saturated carbocycles. The molecule has 0 aromatic heterocycles. The van der Waals surface area contributed by atoms with Crippen LogP contribution in [0.5, 0.6) is 0 Å². The summed E-state index contributed by atoms with van der Waals surface area (Å²) in [7, 11) is 0. The lowest BCUT2D eigenvalue weighted by atomic mass is 9.97. The van der Waals surface area contributed by atoms with Gasteiger partial charge in [0.25, 0.3) is 0 Å². The number of rotatable bonds is 32. The van der Waals surface area contributed by atoms with E-state index in [-0.39, 0.29) is 18.9 Å². The van der Waals surface area contributed by atoms with E-state index in [0.717, 1.165) is 51.4 Å². The molecular formula is C46H79NO13. The number of amides is 1. The van der Waals surface area contributed by atoms with Crippen LogP contribution >= 0.6 is 0 Å². The lowest BCUT2D eigenvalue weighted by Gasteiger charge is -2.46. The fourth-order valence-electron chi connectivity index (χ4n) is 7.00. The summed E-state index contributed by atoms with van der Waals surface area (Å²) < 4.78 is 22.6. The normalized spacial score (nSPS) is 28.8. The van der Waals surface area contributed by atoms with Gasteiger partial charge in [-0.2, -0.15) is 0 Å². The van der Waals surface area contributed by atoms with Crippen LogP contribution < -0.4 is 5.32 Å². The smallest absolute Gasteiger partial charge is 0.220 e. The first-order chi connectivity index (χ1) is 29.1. The van der Waals surface area contributed by atoms with Crippen molar-refractivity contribution < 1.29 is 64.6 Å². The van der Waals surface area contributed by atoms with E-state index >= 15 is 0 Å². The van der Waals surface area contributed by atoms with Gasteiger partial charge in [0.2, 0.25) is 5.91 Å². The third kappa shape index (κ3) is 21.2. The van der Waals surface area contributed by atoms with Crippen LogP contribution in [0.1, 0.15) is 129 Å². The van der Waals surface area contributed by atoms with Gasteiger partial charge in [0, 0.05) is 6.42 Å². The van der Waals surface area contributed by atoms with Crippen LogP contribution in [0.4, 0.5) is 0 Å². The predicted molar refractivity (Wildman–Crippen MR) is 230 cm³/mol. The SMILES string of the molecule is CC/C=C\C/C=C\C/C=C\C/C=C\CCC(=O)NC(COC1OC(CO)C(OC2OC(CO)C(O)C(O)C2O)C(O)C1O)C(O)/C=C/CCCCCCCCCCCCC. The van der Waals surface area contributed by atoms with Gasteiger partial charge in [-0.15, -0.1) is 0 Å². The molecule has 0 bridgehead atoms. The van der Waals surface area contributed by atoms with Crippen molar-refractivity contribution >= 4 is 5.91 Å². The summed E-state index contributed by atoms with van der Waals surface area (Å²) in [6.45, 7) is 2.57. The Hall–Kier alpha value is -2.31. The van der Waals surface area contributed by atoms with Crippen LogP contribution in [-0.4, -0.2) is 140 Å². The molecule has 12 atom stereocenters. The van der Waals surface area contributed by atoms with Crippen molar-refractivity contribution in [1.29, 1.82) is 0 Å². The number of aliphatic hydroxyl groups excluding tert-OH is 8. The van der Waals surface area contributed by atoms with E-state index in [9.17, 15) is 45.6 Å². The van der Waals surface area contributed by atoms with E-state index < -0.39 is 86.8 Å². The zero-order valence-corrected chi connectivity index (χ0v) is 36.2. The first-order valence-electron chi connectivity index (χ1n) is 22.5. The number of nitrogens with one attached hydrogen (secondary N) is 1. The fraction of sp³-hybridized carbons (Fsp3) is 0.761. The van der Waals surface area contributed by atoms with Gasteiger partial charge in [-0.05, 0) is 44.9 Å². The minimum absolute atomic E-state index is 0.157. The number of unbranched alkanes of at least 4 members (excludes halogenated alkanes) is 11. The third-order valence-electron chi connectivity index (χ3n) is 10.7. The molecule has 9 N–H and O–H groups in total. The van der Waals surface area contributed by atoms with Gasteiger partial charge in [0.1, 0.15) is 48.8 Å². The molecule has 346 valence electrons. The first kappa shape index (κ1) is 53.8. The Bertz CT molecular complexity index is 1240. The van der Waals surface area contributed by atoms with E-state index in [4.69, 9.17) is 18.9 Å². The Kier molecular flexibility index (Phi) is 29.9. The second kappa shape index (κ2) is 33.3. The molecule has 14 nitrogen and oxygen atoms in total. The van der Waals surface area contributed by atoms with Crippen LogP contribution in [0.25, 0.3) is 0 Å². The predicted octanol–water partition coefficient (Wildman–Crippen LogP) is 4.32. The summed E-state index contributed by atoms with van der Waals surface area (Å²) in [4.78, 5) is 13.0. The molecule has 2 aliphatic heterocycles. The van der Waals surface area contributed by atoms with Gasteiger partial charge in [0.15, 0.2) is 12.6 Å². The molecule has 12 unspecified atom stereocenters. The molecule has 0 radical (unpaired) electrons. The lowest BCUT2D eigenvalue weighted by Crippen LogP contribution is -2.65. The third-order valence-corrected chi connectivity index (χ3v) is 10.7. The van der Waals surface area contributed by atoms with Crippen LogP contribution in [0, 0.1) is 0 Å². The Morgan fingerprint density at radius 2 is 1.15 bits per heavy atom. The average Bonchev–Trinajstić information content (AvgIpc) is 3.24. The number of aliphatic hydroxyl groups is 8. The molecule has 0 aromatic rings. The van der Waals surface area contributed by atoms with Crippen molar-refractivity contribution in [2.45, 2.75) is 203 Å².